The summed E-state index contributed by atoms with van der Waals surface area (Å²) in [4.78, 5) is 27.7. The highest BCUT2D eigenvalue weighted by Gasteiger charge is 2.71. The van der Waals surface area contributed by atoms with Crippen molar-refractivity contribution in [3.05, 3.63) is 65.2 Å². The van der Waals surface area contributed by atoms with E-state index in [1.54, 1.807) is 24.3 Å². The van der Waals surface area contributed by atoms with Crippen LogP contribution < -0.4 is 4.74 Å². The molecule has 2 aromatic carbocycles. The van der Waals surface area contributed by atoms with E-state index in [1.165, 1.54) is 31.4 Å². The van der Waals surface area contributed by atoms with Gasteiger partial charge in [0.2, 0.25) is 5.67 Å². The molecule has 2 aliphatic rings. The predicted octanol–water partition coefficient (Wildman–Crippen LogP) is 2.48. The molecule has 2 aromatic rings. The second-order valence-corrected chi connectivity index (χ2v) is 7.63. The Bertz CT molecular complexity index is 1070. The van der Waals surface area contributed by atoms with Crippen LogP contribution in [0.4, 0.5) is 8.78 Å². The van der Waals surface area contributed by atoms with E-state index in [4.69, 9.17) is 10.00 Å². The molecule has 0 unspecified atom stereocenters. The first kappa shape index (κ1) is 19.8. The maximum atomic E-state index is 15.6. The van der Waals surface area contributed by atoms with Gasteiger partial charge in [0.15, 0.2) is 5.67 Å². The van der Waals surface area contributed by atoms with E-state index in [2.05, 4.69) is 0 Å². The maximum Gasteiger partial charge on any atom is 0.266 e. The number of alkyl halides is 2. The number of carbonyl (C=O) groups excluding carboxylic acids is 2. The number of fused-ring (bicyclic) bond motifs is 1. The van der Waals surface area contributed by atoms with Crippen LogP contribution in [0.1, 0.15) is 21.5 Å². The lowest BCUT2D eigenvalue weighted by Gasteiger charge is -2.23. The van der Waals surface area contributed by atoms with E-state index in [-0.39, 0.29) is 17.7 Å². The van der Waals surface area contributed by atoms with Gasteiger partial charge in [0.25, 0.3) is 11.8 Å². The number of hydrogen-bond acceptors (Lipinski definition) is 4. The van der Waals surface area contributed by atoms with E-state index >= 15 is 8.78 Å². The van der Waals surface area contributed by atoms with Crippen molar-refractivity contribution in [3.8, 4) is 11.8 Å². The SMILES string of the molecule is COc1cccc(CN2C[C@@]3(F)CN(C(=O)c4cccc(C#N)c4)C[C@@]3(F)C2=O)c1. The van der Waals surface area contributed by atoms with Gasteiger partial charge in [-0.3, -0.25) is 9.59 Å². The molecule has 0 N–H and O–H groups in total. The molecule has 6 nitrogen and oxygen atoms in total. The smallest absolute Gasteiger partial charge is 0.266 e. The normalized spacial score (nSPS) is 25.2. The molecule has 0 bridgehead atoms. The summed E-state index contributed by atoms with van der Waals surface area (Å²) in [5.41, 5.74) is -4.18. The van der Waals surface area contributed by atoms with Gasteiger partial charge >= 0.3 is 0 Å². The van der Waals surface area contributed by atoms with Crippen molar-refractivity contribution in [2.75, 3.05) is 26.7 Å². The molecule has 2 amide bonds. The average molecular weight is 411 g/mol. The Kier molecular flexibility index (Phi) is 4.69. The second-order valence-electron chi connectivity index (χ2n) is 7.63. The molecule has 2 fully saturated rings. The number of halogens is 2. The molecule has 8 heteroatoms. The van der Waals surface area contributed by atoms with Crippen LogP contribution in [0.15, 0.2) is 48.5 Å². The van der Waals surface area contributed by atoms with Gasteiger partial charge in [-0.05, 0) is 35.9 Å². The van der Waals surface area contributed by atoms with Crippen molar-refractivity contribution in [1.29, 1.82) is 5.26 Å². The van der Waals surface area contributed by atoms with E-state index in [0.29, 0.717) is 11.3 Å². The minimum Gasteiger partial charge on any atom is -0.497 e. The van der Waals surface area contributed by atoms with Crippen LogP contribution in [-0.2, 0) is 11.3 Å². The number of nitrogens with zero attached hydrogens (tertiary/aromatic N) is 3. The summed E-state index contributed by atoms with van der Waals surface area (Å²) in [5, 5.41) is 8.99. The van der Waals surface area contributed by atoms with Crippen LogP contribution >= 0.6 is 0 Å². The van der Waals surface area contributed by atoms with Crippen molar-refractivity contribution >= 4 is 11.8 Å². The standard InChI is InChI=1S/C22H19F2N3O3/c1-30-18-7-3-5-16(9-18)11-26-12-21(23)13-27(14-22(21,24)20(26)29)19(28)17-6-2-4-15(8-17)10-25/h2-9H,11-14H2,1H3/t21-,22-/m1/s1. The van der Waals surface area contributed by atoms with Crippen LogP contribution in [0.3, 0.4) is 0 Å². The Balaban J connectivity index is 1.53. The molecule has 2 atom stereocenters. The van der Waals surface area contributed by atoms with Gasteiger partial charge in [0.1, 0.15) is 5.75 Å². The van der Waals surface area contributed by atoms with Crippen LogP contribution in [0.2, 0.25) is 0 Å². The monoisotopic (exact) mass is 411 g/mol. The number of hydrogen-bond donors (Lipinski definition) is 0. The fourth-order valence-corrected chi connectivity index (χ4v) is 4.11. The number of nitriles is 1. The summed E-state index contributed by atoms with van der Waals surface area (Å²) in [6.45, 7) is -1.58. The molecular formula is C22H19F2N3O3. The molecule has 154 valence electrons. The molecule has 2 saturated heterocycles. The van der Waals surface area contributed by atoms with Crippen molar-refractivity contribution in [1.82, 2.24) is 9.80 Å². The molecule has 0 spiro atoms. The highest BCUT2D eigenvalue weighted by molar-refractivity contribution is 5.97. The Morgan fingerprint density at radius 3 is 2.63 bits per heavy atom. The highest BCUT2D eigenvalue weighted by Crippen LogP contribution is 2.46. The van der Waals surface area contributed by atoms with E-state index < -0.39 is 42.8 Å². The molecule has 2 heterocycles. The molecule has 0 aromatic heterocycles. The van der Waals surface area contributed by atoms with Crippen LogP contribution in [0, 0.1) is 11.3 Å². The predicted molar refractivity (Wildman–Crippen MR) is 103 cm³/mol. The first-order valence-electron chi connectivity index (χ1n) is 9.39. The maximum absolute atomic E-state index is 15.6. The number of carbonyl (C=O) groups is 2. The van der Waals surface area contributed by atoms with Crippen LogP contribution in [0.5, 0.6) is 5.75 Å². The number of amides is 2. The molecular weight excluding hydrogens is 392 g/mol. The first-order valence-corrected chi connectivity index (χ1v) is 9.39. The summed E-state index contributed by atoms with van der Waals surface area (Å²) in [5.74, 6) is -0.989. The first-order chi connectivity index (χ1) is 14.3. The molecule has 0 saturated carbocycles. The number of ether oxygens (including phenoxy) is 1. The van der Waals surface area contributed by atoms with Crippen molar-refractivity contribution < 1.29 is 23.1 Å². The Labute approximate surface area is 172 Å². The Morgan fingerprint density at radius 1 is 1.17 bits per heavy atom. The van der Waals surface area contributed by atoms with Gasteiger partial charge in [-0.2, -0.15) is 5.26 Å². The quantitative estimate of drug-likeness (QED) is 0.775. The summed E-state index contributed by atoms with van der Waals surface area (Å²) < 4.78 is 36.3. The zero-order chi connectivity index (χ0) is 21.5. The summed E-state index contributed by atoms with van der Waals surface area (Å²) in [6, 6.07) is 14.7. The molecule has 4 rings (SSSR count). The zero-order valence-electron chi connectivity index (χ0n) is 16.3. The van der Waals surface area contributed by atoms with Gasteiger partial charge < -0.3 is 14.5 Å². The summed E-state index contributed by atoms with van der Waals surface area (Å²) in [7, 11) is 1.51. The van der Waals surface area contributed by atoms with Gasteiger partial charge in [-0.25, -0.2) is 8.78 Å². The van der Waals surface area contributed by atoms with Gasteiger partial charge in [0.05, 0.1) is 38.4 Å². The van der Waals surface area contributed by atoms with E-state index in [9.17, 15) is 9.59 Å². The number of likely N-dealkylation sites (tertiary alicyclic amines) is 2. The number of methoxy groups -OCH3 is 1. The van der Waals surface area contributed by atoms with Gasteiger partial charge in [-0.1, -0.05) is 18.2 Å². The lowest BCUT2D eigenvalue weighted by atomic mass is 9.93. The highest BCUT2D eigenvalue weighted by atomic mass is 19.2. The largest absolute Gasteiger partial charge is 0.497 e. The van der Waals surface area contributed by atoms with Crippen molar-refractivity contribution in [2.45, 2.75) is 17.9 Å². The van der Waals surface area contributed by atoms with Gasteiger partial charge in [0, 0.05) is 12.1 Å². The minimum atomic E-state index is -2.80. The third kappa shape index (κ3) is 3.07. The van der Waals surface area contributed by atoms with Crippen LogP contribution in [-0.4, -0.2) is 59.7 Å². The van der Waals surface area contributed by atoms with E-state index in [1.807, 2.05) is 6.07 Å². The number of benzene rings is 2. The van der Waals surface area contributed by atoms with Gasteiger partial charge in [-0.15, -0.1) is 0 Å². The summed E-state index contributed by atoms with van der Waals surface area (Å²) in [6.07, 6.45) is 0. The summed E-state index contributed by atoms with van der Waals surface area (Å²) >= 11 is 0. The minimum absolute atomic E-state index is 0.0472. The third-order valence-corrected chi connectivity index (χ3v) is 5.66. The second kappa shape index (κ2) is 7.10. The molecule has 2 aliphatic heterocycles. The topological polar surface area (TPSA) is 73.6 Å². The molecule has 0 aliphatic carbocycles. The zero-order valence-corrected chi connectivity index (χ0v) is 16.3. The Hall–Kier alpha value is -3.47. The lowest BCUT2D eigenvalue weighted by Crippen LogP contribution is -2.47. The average Bonchev–Trinajstić information content (AvgIpc) is 3.12. The fourth-order valence-electron chi connectivity index (χ4n) is 4.11. The Morgan fingerprint density at radius 2 is 1.93 bits per heavy atom. The fraction of sp³-hybridized carbons (Fsp3) is 0.318. The number of rotatable bonds is 4. The van der Waals surface area contributed by atoms with E-state index in [0.717, 1.165) is 9.80 Å². The van der Waals surface area contributed by atoms with Crippen LogP contribution in [0.25, 0.3) is 0 Å². The lowest BCUT2D eigenvalue weighted by molar-refractivity contribution is -0.139. The molecule has 30 heavy (non-hydrogen) atoms. The molecule has 0 radical (unpaired) electrons. The van der Waals surface area contributed by atoms with Crippen molar-refractivity contribution in [3.63, 3.8) is 0 Å². The van der Waals surface area contributed by atoms with Crippen molar-refractivity contribution in [2.24, 2.45) is 0 Å². The third-order valence-electron chi connectivity index (χ3n) is 5.66.